The van der Waals surface area contributed by atoms with Gasteiger partial charge >= 0.3 is 18.2 Å². The van der Waals surface area contributed by atoms with E-state index in [0.717, 1.165) is 6.07 Å². The zero-order chi connectivity index (χ0) is 22.7. The van der Waals surface area contributed by atoms with Crippen LogP contribution in [-0.2, 0) is 21.2 Å². The van der Waals surface area contributed by atoms with Gasteiger partial charge in [-0.1, -0.05) is 12.1 Å². The van der Waals surface area contributed by atoms with E-state index in [4.69, 9.17) is 9.47 Å². The Labute approximate surface area is 172 Å². The number of hydrogen-bond acceptors (Lipinski definition) is 8. The van der Waals surface area contributed by atoms with Crippen LogP contribution in [-0.4, -0.2) is 60.3 Å². The van der Waals surface area contributed by atoms with Gasteiger partial charge in [0.15, 0.2) is 11.6 Å². The van der Waals surface area contributed by atoms with Gasteiger partial charge in [0, 0.05) is 5.56 Å². The Morgan fingerprint density at radius 1 is 1.17 bits per heavy atom. The third-order valence-electron chi connectivity index (χ3n) is 3.48. The molecule has 0 radical (unpaired) electrons. The number of hydrogen-bond donors (Lipinski definition) is 1. The smallest absolute Gasteiger partial charge is 0.404 e. The molecular formula is C15H16F4N4O5S2. The molecule has 1 aromatic carbocycles. The van der Waals surface area contributed by atoms with Gasteiger partial charge in [-0.3, -0.25) is 4.72 Å². The maximum absolute atomic E-state index is 14.4. The van der Waals surface area contributed by atoms with Gasteiger partial charge in [0.1, 0.15) is 5.82 Å². The highest BCUT2D eigenvalue weighted by Gasteiger charge is 2.37. The van der Waals surface area contributed by atoms with Crippen LogP contribution in [0.2, 0.25) is 0 Å². The van der Waals surface area contributed by atoms with Crippen LogP contribution in [0, 0.1) is 5.82 Å². The highest BCUT2D eigenvalue weighted by Crippen LogP contribution is 2.36. The van der Waals surface area contributed by atoms with Crippen molar-refractivity contribution in [1.82, 2.24) is 15.0 Å². The largest absolute Gasteiger partial charge is 0.616 e. The number of aromatic nitrogens is 3. The molecule has 30 heavy (non-hydrogen) atoms. The van der Waals surface area contributed by atoms with Gasteiger partial charge in [-0.2, -0.15) is 23.1 Å². The Bertz CT molecular complexity index is 983. The molecule has 1 aromatic heterocycles. The quantitative estimate of drug-likeness (QED) is 0.455. The van der Waals surface area contributed by atoms with E-state index in [0.29, 0.717) is 0 Å². The van der Waals surface area contributed by atoms with Gasteiger partial charge < -0.3 is 14.0 Å². The van der Waals surface area contributed by atoms with Gasteiger partial charge in [0.2, 0.25) is 15.3 Å². The Hall–Kier alpha value is -2.39. The van der Waals surface area contributed by atoms with Crippen molar-refractivity contribution < 1.29 is 40.0 Å². The van der Waals surface area contributed by atoms with Crippen molar-refractivity contribution in [2.75, 3.05) is 31.0 Å². The number of anilines is 1. The van der Waals surface area contributed by atoms with Crippen molar-refractivity contribution in [3.05, 3.63) is 35.4 Å². The number of alkyl halides is 3. The van der Waals surface area contributed by atoms with E-state index in [1.54, 1.807) is 4.72 Å². The molecule has 0 amide bonds. The lowest BCUT2D eigenvalue weighted by Gasteiger charge is -2.22. The van der Waals surface area contributed by atoms with Crippen molar-refractivity contribution in [1.29, 1.82) is 0 Å². The fraction of sp³-hybridized carbons (Fsp3) is 0.400. The van der Waals surface area contributed by atoms with Crippen molar-refractivity contribution in [3.8, 4) is 12.0 Å². The minimum absolute atomic E-state index is 0.233. The molecule has 0 fully saturated rings. The summed E-state index contributed by atoms with van der Waals surface area (Å²) in [6.07, 6.45) is -3.86. The number of ether oxygens (including phenoxy) is 2. The lowest BCUT2D eigenvalue weighted by Crippen LogP contribution is -2.29. The molecule has 2 atom stereocenters. The predicted molar refractivity (Wildman–Crippen MR) is 98.7 cm³/mol. The first-order chi connectivity index (χ1) is 13.9. The third kappa shape index (κ3) is 6.06. The molecule has 0 bridgehead atoms. The summed E-state index contributed by atoms with van der Waals surface area (Å²) in [6.45, 7) is 0. The van der Waals surface area contributed by atoms with Crippen LogP contribution < -0.4 is 14.2 Å². The fourth-order valence-corrected chi connectivity index (χ4v) is 4.38. The fourth-order valence-electron chi connectivity index (χ4n) is 2.39. The number of rotatable bonds is 8. The summed E-state index contributed by atoms with van der Waals surface area (Å²) >= 11 is -1.88. The van der Waals surface area contributed by atoms with Crippen molar-refractivity contribution in [2.45, 2.75) is 11.4 Å². The molecule has 1 N–H and O–H groups in total. The molecule has 166 valence electrons. The normalized spacial score (nSPS) is 14.1. The number of methoxy groups -OCH3 is 2. The SMILES string of the molecule is COc1nc(OC)nc(C(c2cccc(F)c2NS(=O)(=O)CC(F)(F)F)[S+](C)[O-])n1. The summed E-state index contributed by atoms with van der Waals surface area (Å²) in [4.78, 5) is 11.6. The molecule has 2 unspecified atom stereocenters. The molecule has 0 aliphatic rings. The Morgan fingerprint density at radius 3 is 2.20 bits per heavy atom. The van der Waals surface area contributed by atoms with Gasteiger partial charge in [0.05, 0.1) is 26.2 Å². The van der Waals surface area contributed by atoms with Gasteiger partial charge in [0.25, 0.3) is 0 Å². The number of benzene rings is 1. The van der Waals surface area contributed by atoms with E-state index in [1.165, 1.54) is 32.6 Å². The first-order valence-corrected chi connectivity index (χ1v) is 11.2. The summed E-state index contributed by atoms with van der Waals surface area (Å²) in [5.41, 5.74) is -1.06. The molecule has 2 aromatic rings. The number of nitrogens with one attached hydrogen (secondary N) is 1. The second-order valence-corrected chi connectivity index (χ2v) is 8.92. The molecule has 15 heteroatoms. The molecule has 0 saturated carbocycles. The minimum atomic E-state index is -5.06. The molecule has 0 saturated heterocycles. The lowest BCUT2D eigenvalue weighted by atomic mass is 10.1. The van der Waals surface area contributed by atoms with E-state index in [9.17, 15) is 30.5 Å². The van der Waals surface area contributed by atoms with Crippen LogP contribution in [0.3, 0.4) is 0 Å². The summed E-state index contributed by atoms with van der Waals surface area (Å²) in [5.74, 6) is -3.65. The van der Waals surface area contributed by atoms with E-state index >= 15 is 0 Å². The number of para-hydroxylation sites is 1. The second kappa shape index (κ2) is 9.18. The second-order valence-electron chi connectivity index (χ2n) is 5.73. The monoisotopic (exact) mass is 472 g/mol. The van der Waals surface area contributed by atoms with Crippen molar-refractivity contribution in [2.24, 2.45) is 0 Å². The maximum Gasteiger partial charge on any atom is 0.404 e. The minimum Gasteiger partial charge on any atom is -0.616 e. The van der Waals surface area contributed by atoms with E-state index in [1.807, 2.05) is 0 Å². The Kier molecular flexibility index (Phi) is 7.31. The molecule has 1 heterocycles. The number of sulfonamides is 1. The summed E-state index contributed by atoms with van der Waals surface area (Å²) in [5, 5.41) is -1.35. The molecule has 0 spiro atoms. The highest BCUT2D eigenvalue weighted by atomic mass is 32.2. The van der Waals surface area contributed by atoms with E-state index in [-0.39, 0.29) is 23.4 Å². The van der Waals surface area contributed by atoms with Crippen LogP contribution >= 0.6 is 0 Å². The van der Waals surface area contributed by atoms with Gasteiger partial charge in [-0.05, 0) is 17.2 Å². The molecule has 0 aliphatic carbocycles. The number of halogens is 4. The highest BCUT2D eigenvalue weighted by molar-refractivity contribution is 7.92. The van der Waals surface area contributed by atoms with Crippen LogP contribution in [0.25, 0.3) is 0 Å². The summed E-state index contributed by atoms with van der Waals surface area (Å²) < 4.78 is 99.7. The summed E-state index contributed by atoms with van der Waals surface area (Å²) in [7, 11) is -2.56. The number of nitrogens with zero attached hydrogens (tertiary/aromatic N) is 3. The topological polar surface area (TPSA) is 126 Å². The Morgan fingerprint density at radius 2 is 1.73 bits per heavy atom. The Balaban J connectivity index is 2.62. The third-order valence-corrected chi connectivity index (χ3v) is 5.83. The van der Waals surface area contributed by atoms with Crippen LogP contribution in [0.4, 0.5) is 23.2 Å². The van der Waals surface area contributed by atoms with E-state index in [2.05, 4.69) is 15.0 Å². The van der Waals surface area contributed by atoms with Crippen LogP contribution in [0.15, 0.2) is 18.2 Å². The van der Waals surface area contributed by atoms with Crippen LogP contribution in [0.5, 0.6) is 12.0 Å². The molecule has 2 rings (SSSR count). The maximum atomic E-state index is 14.4. The molecular weight excluding hydrogens is 456 g/mol. The predicted octanol–water partition coefficient (Wildman–Crippen LogP) is 1.80. The zero-order valence-corrected chi connectivity index (χ0v) is 17.4. The average molecular weight is 472 g/mol. The van der Waals surface area contributed by atoms with Crippen molar-refractivity contribution in [3.63, 3.8) is 0 Å². The molecule has 0 aliphatic heterocycles. The average Bonchev–Trinajstić information content (AvgIpc) is 2.61. The first kappa shape index (κ1) is 23.9. The van der Waals surface area contributed by atoms with Crippen molar-refractivity contribution >= 4 is 26.9 Å². The lowest BCUT2D eigenvalue weighted by molar-refractivity contribution is -0.106. The zero-order valence-electron chi connectivity index (χ0n) is 15.7. The van der Waals surface area contributed by atoms with Gasteiger partial charge in [-0.25, -0.2) is 12.8 Å². The first-order valence-electron chi connectivity index (χ1n) is 7.88. The standard InChI is InChI=1S/C15H16F4N4O5S2/c1-27-13-20-12(21-14(22-13)28-2)11(29(3)24)8-5-4-6-9(16)10(8)23-30(25,26)7-15(17,18)19/h4-6,11,23H,7H2,1-3H3. The molecule has 9 nitrogen and oxygen atoms in total. The van der Waals surface area contributed by atoms with E-state index < -0.39 is 49.9 Å². The van der Waals surface area contributed by atoms with Gasteiger partial charge in [-0.15, -0.1) is 4.98 Å². The summed E-state index contributed by atoms with van der Waals surface area (Å²) in [6, 6.07) is 2.72. The van der Waals surface area contributed by atoms with Crippen LogP contribution in [0.1, 0.15) is 16.6 Å².